The molecular formula is C11H12O8. The zero-order valence-electron chi connectivity index (χ0n) is 9.85. The Morgan fingerprint density at radius 3 is 1.79 bits per heavy atom. The Labute approximate surface area is 108 Å². The second-order valence-electron chi connectivity index (χ2n) is 3.54. The molecule has 0 bridgehead atoms. The predicted molar refractivity (Wildman–Crippen MR) is 57.8 cm³/mol. The molecule has 2 heterocycles. The molecule has 0 amide bonds. The van der Waals surface area contributed by atoms with Gasteiger partial charge < -0.3 is 28.4 Å². The normalized spacial score (nSPS) is 23.4. The minimum Gasteiger partial charge on any atom is -0.497 e. The van der Waals surface area contributed by atoms with E-state index in [1.165, 1.54) is 12.5 Å². The molecule has 104 valence electrons. The van der Waals surface area contributed by atoms with Crippen LogP contribution in [-0.4, -0.2) is 44.5 Å². The largest absolute Gasteiger partial charge is 0.511 e. The highest BCUT2D eigenvalue weighted by atomic mass is 16.8. The third kappa shape index (κ3) is 4.41. The standard InChI is InChI=1S/C11H12O8/c12-10(18-8-1-3-14-5-8)16-7-17-11(13)19-9-2-4-15-6-9/h1-4,8-9H,5-7H2. The predicted octanol–water partition coefficient (Wildman–Crippen LogP) is 1.08. The van der Waals surface area contributed by atoms with Crippen LogP contribution in [0.4, 0.5) is 9.59 Å². The van der Waals surface area contributed by atoms with Gasteiger partial charge in [0.15, 0.2) is 12.2 Å². The summed E-state index contributed by atoms with van der Waals surface area (Å²) in [5.74, 6) is 0. The molecule has 0 aromatic heterocycles. The monoisotopic (exact) mass is 272 g/mol. The summed E-state index contributed by atoms with van der Waals surface area (Å²) in [5, 5.41) is 0. The summed E-state index contributed by atoms with van der Waals surface area (Å²) < 4.78 is 28.3. The van der Waals surface area contributed by atoms with Crippen molar-refractivity contribution >= 4 is 12.3 Å². The van der Waals surface area contributed by atoms with Gasteiger partial charge in [-0.05, 0) is 12.2 Å². The van der Waals surface area contributed by atoms with E-state index in [0.717, 1.165) is 0 Å². The van der Waals surface area contributed by atoms with Gasteiger partial charge in [-0.15, -0.1) is 0 Å². The zero-order chi connectivity index (χ0) is 13.5. The second kappa shape index (κ2) is 6.53. The van der Waals surface area contributed by atoms with E-state index in [1.54, 1.807) is 12.2 Å². The van der Waals surface area contributed by atoms with E-state index in [4.69, 9.17) is 18.9 Å². The molecule has 0 radical (unpaired) electrons. The molecule has 0 N–H and O–H groups in total. The lowest BCUT2D eigenvalue weighted by molar-refractivity contribution is -0.0524. The number of ether oxygens (including phenoxy) is 6. The summed E-state index contributed by atoms with van der Waals surface area (Å²) >= 11 is 0. The van der Waals surface area contributed by atoms with Crippen molar-refractivity contribution in [3.63, 3.8) is 0 Å². The maximum absolute atomic E-state index is 11.1. The van der Waals surface area contributed by atoms with Crippen molar-refractivity contribution in [1.82, 2.24) is 0 Å². The molecule has 0 saturated heterocycles. The zero-order valence-corrected chi connectivity index (χ0v) is 9.85. The van der Waals surface area contributed by atoms with Gasteiger partial charge in [0.1, 0.15) is 13.2 Å². The van der Waals surface area contributed by atoms with Crippen molar-refractivity contribution in [3.8, 4) is 0 Å². The SMILES string of the molecule is O=C(OCOC(=O)OC1C=COC1)OC1C=COC1. The molecule has 0 saturated carbocycles. The van der Waals surface area contributed by atoms with E-state index in [0.29, 0.717) is 0 Å². The van der Waals surface area contributed by atoms with Gasteiger partial charge in [-0.1, -0.05) is 0 Å². The summed E-state index contributed by atoms with van der Waals surface area (Å²) in [6, 6.07) is 0. The molecule has 8 heteroatoms. The average molecular weight is 272 g/mol. The van der Waals surface area contributed by atoms with Crippen molar-refractivity contribution in [2.24, 2.45) is 0 Å². The number of carbonyl (C=O) groups excluding carboxylic acids is 2. The van der Waals surface area contributed by atoms with E-state index < -0.39 is 31.3 Å². The maximum Gasteiger partial charge on any atom is 0.511 e. The third-order valence-corrected chi connectivity index (χ3v) is 2.15. The molecule has 2 aliphatic rings. The van der Waals surface area contributed by atoms with E-state index >= 15 is 0 Å². The van der Waals surface area contributed by atoms with Gasteiger partial charge in [0.2, 0.25) is 6.79 Å². The van der Waals surface area contributed by atoms with Crippen LogP contribution in [0.5, 0.6) is 0 Å². The van der Waals surface area contributed by atoms with Crippen LogP contribution in [0.3, 0.4) is 0 Å². The van der Waals surface area contributed by atoms with E-state index in [-0.39, 0.29) is 13.2 Å². The first-order chi connectivity index (χ1) is 9.24. The first kappa shape index (κ1) is 13.1. The topological polar surface area (TPSA) is 89.5 Å². The molecule has 2 rings (SSSR count). The van der Waals surface area contributed by atoms with Gasteiger partial charge in [0.05, 0.1) is 12.5 Å². The van der Waals surface area contributed by atoms with Crippen LogP contribution in [0.1, 0.15) is 0 Å². The van der Waals surface area contributed by atoms with Gasteiger partial charge in [-0.3, -0.25) is 0 Å². The quantitative estimate of drug-likeness (QED) is 0.554. The molecule has 0 aromatic carbocycles. The van der Waals surface area contributed by atoms with Crippen LogP contribution >= 0.6 is 0 Å². The van der Waals surface area contributed by atoms with Crippen LogP contribution in [-0.2, 0) is 28.4 Å². The van der Waals surface area contributed by atoms with Gasteiger partial charge in [0, 0.05) is 0 Å². The fraction of sp³-hybridized carbons (Fsp3) is 0.455. The first-order valence-corrected chi connectivity index (χ1v) is 5.47. The van der Waals surface area contributed by atoms with Crippen molar-refractivity contribution in [2.45, 2.75) is 12.2 Å². The molecule has 19 heavy (non-hydrogen) atoms. The molecular weight excluding hydrogens is 260 g/mol. The Morgan fingerprint density at radius 2 is 1.42 bits per heavy atom. The van der Waals surface area contributed by atoms with E-state index in [2.05, 4.69) is 9.47 Å². The van der Waals surface area contributed by atoms with Crippen molar-refractivity contribution in [2.75, 3.05) is 20.0 Å². The van der Waals surface area contributed by atoms with Gasteiger partial charge >= 0.3 is 12.3 Å². The second-order valence-corrected chi connectivity index (χ2v) is 3.54. The Morgan fingerprint density at radius 1 is 0.947 bits per heavy atom. The summed E-state index contributed by atoms with van der Waals surface area (Å²) in [7, 11) is 0. The Balaban J connectivity index is 1.55. The molecule has 0 spiro atoms. The summed E-state index contributed by atoms with van der Waals surface area (Å²) in [4.78, 5) is 22.3. The number of rotatable bonds is 4. The fourth-order valence-corrected chi connectivity index (χ4v) is 1.29. The number of carbonyl (C=O) groups is 2. The molecule has 0 aliphatic carbocycles. The summed E-state index contributed by atoms with van der Waals surface area (Å²) in [6.07, 6.45) is 3.06. The maximum atomic E-state index is 11.1. The van der Waals surface area contributed by atoms with Crippen molar-refractivity contribution < 1.29 is 38.0 Å². The van der Waals surface area contributed by atoms with Crippen LogP contribution in [0.25, 0.3) is 0 Å². The molecule has 2 atom stereocenters. The lowest BCUT2D eigenvalue weighted by Crippen LogP contribution is -2.22. The minimum absolute atomic E-state index is 0.242. The lowest BCUT2D eigenvalue weighted by Gasteiger charge is -2.11. The summed E-state index contributed by atoms with van der Waals surface area (Å²) in [6.45, 7) is -0.107. The number of hydrogen-bond acceptors (Lipinski definition) is 8. The molecule has 0 fully saturated rings. The molecule has 0 aromatic rings. The highest BCUT2D eigenvalue weighted by molar-refractivity contribution is 5.62. The van der Waals surface area contributed by atoms with Crippen LogP contribution in [0.15, 0.2) is 24.7 Å². The first-order valence-electron chi connectivity index (χ1n) is 5.47. The molecule has 8 nitrogen and oxygen atoms in total. The smallest absolute Gasteiger partial charge is 0.497 e. The van der Waals surface area contributed by atoms with Gasteiger partial charge in [-0.25, -0.2) is 9.59 Å². The Kier molecular flexibility index (Phi) is 4.49. The molecule has 2 aliphatic heterocycles. The van der Waals surface area contributed by atoms with E-state index in [1.807, 2.05) is 0 Å². The molecule has 2 unspecified atom stereocenters. The van der Waals surface area contributed by atoms with Gasteiger partial charge in [0.25, 0.3) is 0 Å². The third-order valence-electron chi connectivity index (χ3n) is 2.15. The van der Waals surface area contributed by atoms with Crippen molar-refractivity contribution in [1.29, 1.82) is 0 Å². The highest BCUT2D eigenvalue weighted by Gasteiger charge is 2.19. The Bertz CT molecular complexity index is 352. The Hall–Kier alpha value is -2.38. The summed E-state index contributed by atoms with van der Waals surface area (Å²) in [5.41, 5.74) is 0. The van der Waals surface area contributed by atoms with Crippen LogP contribution < -0.4 is 0 Å². The van der Waals surface area contributed by atoms with E-state index in [9.17, 15) is 9.59 Å². The van der Waals surface area contributed by atoms with Gasteiger partial charge in [-0.2, -0.15) is 0 Å². The van der Waals surface area contributed by atoms with Crippen molar-refractivity contribution in [3.05, 3.63) is 24.7 Å². The average Bonchev–Trinajstić information content (AvgIpc) is 3.02. The van der Waals surface area contributed by atoms with Crippen LogP contribution in [0.2, 0.25) is 0 Å². The fourth-order valence-electron chi connectivity index (χ4n) is 1.29. The minimum atomic E-state index is -0.961. The highest BCUT2D eigenvalue weighted by Crippen LogP contribution is 2.07. The lowest BCUT2D eigenvalue weighted by atomic mass is 10.4. The number of hydrogen-bond donors (Lipinski definition) is 0. The van der Waals surface area contributed by atoms with Crippen LogP contribution in [0, 0.1) is 0 Å².